The second kappa shape index (κ2) is 4.37. The summed E-state index contributed by atoms with van der Waals surface area (Å²) in [5, 5.41) is 10.6. The fourth-order valence-electron chi connectivity index (χ4n) is 0.882. The van der Waals surface area contributed by atoms with Crippen molar-refractivity contribution in [2.45, 2.75) is 0 Å². The number of hydrogen-bond donors (Lipinski definition) is 0. The first-order chi connectivity index (χ1) is 6.11. The molecule has 0 aliphatic rings. The molecule has 13 heavy (non-hydrogen) atoms. The fourth-order valence-corrected chi connectivity index (χ4v) is 2.50. The Morgan fingerprint density at radius 3 is 2.54 bits per heavy atom. The first-order valence-electron chi connectivity index (χ1n) is 3.70. The maximum atomic E-state index is 10.6. The van der Waals surface area contributed by atoms with Crippen molar-refractivity contribution in [1.82, 2.24) is 3.92 Å². The van der Waals surface area contributed by atoms with E-state index in [2.05, 4.69) is 0 Å². The first-order valence-corrected chi connectivity index (χ1v) is 5.32. The van der Waals surface area contributed by atoms with Gasteiger partial charge in [0.05, 0.1) is 0 Å². The van der Waals surface area contributed by atoms with Gasteiger partial charge in [0.1, 0.15) is 0 Å². The Balaban J connectivity index is 2.98. The van der Waals surface area contributed by atoms with Crippen molar-refractivity contribution < 1.29 is 4.92 Å². The number of para-hydroxylation sites is 1. The van der Waals surface area contributed by atoms with Crippen LogP contribution in [0, 0.1) is 10.1 Å². The summed E-state index contributed by atoms with van der Waals surface area (Å²) in [5.41, 5.74) is 0.219. The van der Waals surface area contributed by atoms with Crippen LogP contribution in [-0.4, -0.2) is 38.1 Å². The molecule has 70 valence electrons. The third-order valence-corrected chi connectivity index (χ3v) is 3.25. The van der Waals surface area contributed by atoms with Crippen LogP contribution in [0.1, 0.15) is 0 Å². The number of nitrogens with zero attached hydrogens (tertiary/aromatic N) is 2. The third-order valence-electron chi connectivity index (χ3n) is 1.34. The van der Waals surface area contributed by atoms with Crippen LogP contribution in [0.3, 0.4) is 0 Å². The zero-order chi connectivity index (χ0) is 9.84. The van der Waals surface area contributed by atoms with Gasteiger partial charge in [0.15, 0.2) is 0 Å². The summed E-state index contributed by atoms with van der Waals surface area (Å²) in [4.78, 5) is 10.3. The van der Waals surface area contributed by atoms with Crippen molar-refractivity contribution >= 4 is 25.3 Å². The first kappa shape index (κ1) is 10.2. The summed E-state index contributed by atoms with van der Waals surface area (Å²) in [6.45, 7) is 0. The summed E-state index contributed by atoms with van der Waals surface area (Å²) in [6.07, 6.45) is 0. The van der Waals surface area contributed by atoms with Gasteiger partial charge >= 0.3 is 82.6 Å². The van der Waals surface area contributed by atoms with Gasteiger partial charge in [-0.2, -0.15) is 0 Å². The van der Waals surface area contributed by atoms with E-state index in [9.17, 15) is 10.1 Å². The van der Waals surface area contributed by atoms with E-state index in [-0.39, 0.29) is 25.8 Å². The molecule has 0 bridgehead atoms. The summed E-state index contributed by atoms with van der Waals surface area (Å²) in [7, 11) is 3.83. The molecule has 0 spiro atoms. The number of hydrogen-bond acceptors (Lipinski definition) is 3. The summed E-state index contributed by atoms with van der Waals surface area (Å²) < 4.78 is 2.78. The average molecular weight is 245 g/mol. The molecular weight excluding hydrogens is 235 g/mol. The Labute approximate surface area is 83.1 Å². The Hall–Kier alpha value is -0.901. The van der Waals surface area contributed by atoms with Gasteiger partial charge in [-0.1, -0.05) is 0 Å². The third kappa shape index (κ3) is 2.81. The van der Waals surface area contributed by atoms with E-state index in [1.54, 1.807) is 18.2 Å². The topological polar surface area (TPSA) is 46.4 Å². The Morgan fingerprint density at radius 1 is 1.38 bits per heavy atom. The molecule has 5 heteroatoms. The van der Waals surface area contributed by atoms with Crippen LogP contribution in [0.2, 0.25) is 0 Å². The monoisotopic (exact) mass is 246 g/mol. The van der Waals surface area contributed by atoms with Crippen LogP contribution in [0.15, 0.2) is 24.3 Å². The number of nitro benzene ring substituents is 1. The van der Waals surface area contributed by atoms with Gasteiger partial charge in [-0.25, -0.2) is 0 Å². The summed E-state index contributed by atoms with van der Waals surface area (Å²) in [5.74, 6) is 0. The average Bonchev–Trinajstić information content (AvgIpc) is 2.03. The Morgan fingerprint density at radius 2 is 2.00 bits per heavy atom. The quantitative estimate of drug-likeness (QED) is 0.440. The molecule has 0 aromatic heterocycles. The molecule has 0 amide bonds. The van der Waals surface area contributed by atoms with Crippen molar-refractivity contribution in [3.63, 3.8) is 0 Å². The molecule has 4 nitrogen and oxygen atoms in total. The van der Waals surface area contributed by atoms with E-state index in [0.717, 1.165) is 4.46 Å². The van der Waals surface area contributed by atoms with Gasteiger partial charge < -0.3 is 0 Å². The van der Waals surface area contributed by atoms with Crippen molar-refractivity contribution in [3.05, 3.63) is 34.4 Å². The van der Waals surface area contributed by atoms with Crippen LogP contribution in [0.25, 0.3) is 0 Å². The molecule has 0 saturated heterocycles. The fraction of sp³-hybridized carbons (Fsp3) is 0.250. The van der Waals surface area contributed by atoms with E-state index in [1.165, 1.54) is 0 Å². The second-order valence-corrected chi connectivity index (χ2v) is 5.47. The summed E-state index contributed by atoms with van der Waals surface area (Å²) >= 11 is 0.0314. The Bertz CT molecular complexity index is 315. The number of rotatable bonds is 3. The normalized spacial score (nSPS) is 10.4. The zero-order valence-electron chi connectivity index (χ0n) is 7.43. The van der Waals surface area contributed by atoms with Gasteiger partial charge in [0.2, 0.25) is 0 Å². The van der Waals surface area contributed by atoms with Crippen molar-refractivity contribution in [3.8, 4) is 0 Å². The minimum atomic E-state index is -0.333. The molecule has 0 aliphatic heterocycles. The minimum absolute atomic E-state index is 0.0314. The summed E-state index contributed by atoms with van der Waals surface area (Å²) in [6, 6.07) is 6.86. The number of benzene rings is 1. The standard InChI is InChI=1S/C8H10N2O2Se/c1-9(2)13-8-6-4-3-5-7(8)10(11)12/h3-6H,1-2H3. The van der Waals surface area contributed by atoms with E-state index in [0.29, 0.717) is 0 Å². The molecule has 0 saturated carbocycles. The molecular formula is C8H10N2O2Se. The van der Waals surface area contributed by atoms with Gasteiger partial charge in [-0.05, 0) is 0 Å². The van der Waals surface area contributed by atoms with Gasteiger partial charge in [-0.3, -0.25) is 0 Å². The van der Waals surface area contributed by atoms with Crippen molar-refractivity contribution in [2.24, 2.45) is 0 Å². The SMILES string of the molecule is CN(C)[Se]c1ccccc1[N+](=O)[O-]. The molecule has 0 atom stereocenters. The van der Waals surface area contributed by atoms with E-state index in [1.807, 2.05) is 24.1 Å². The molecule has 0 heterocycles. The maximum absolute atomic E-state index is 10.6. The molecule has 0 unspecified atom stereocenters. The zero-order valence-corrected chi connectivity index (χ0v) is 9.14. The van der Waals surface area contributed by atoms with Gasteiger partial charge in [0.25, 0.3) is 0 Å². The van der Waals surface area contributed by atoms with Crippen LogP contribution in [0.4, 0.5) is 5.69 Å². The molecule has 1 rings (SSSR count). The molecule has 0 fully saturated rings. The van der Waals surface area contributed by atoms with Crippen LogP contribution in [-0.2, 0) is 0 Å². The molecule has 0 radical (unpaired) electrons. The van der Waals surface area contributed by atoms with E-state index >= 15 is 0 Å². The van der Waals surface area contributed by atoms with Gasteiger partial charge in [0, 0.05) is 0 Å². The molecule has 1 aromatic rings. The van der Waals surface area contributed by atoms with Crippen LogP contribution >= 0.6 is 0 Å². The molecule has 0 N–H and O–H groups in total. The molecule has 0 aliphatic carbocycles. The Kier molecular flexibility index (Phi) is 3.42. The van der Waals surface area contributed by atoms with Crippen LogP contribution in [0.5, 0.6) is 0 Å². The van der Waals surface area contributed by atoms with Crippen molar-refractivity contribution in [1.29, 1.82) is 0 Å². The second-order valence-electron chi connectivity index (χ2n) is 2.63. The molecule has 1 aromatic carbocycles. The van der Waals surface area contributed by atoms with E-state index in [4.69, 9.17) is 0 Å². The number of nitro groups is 1. The van der Waals surface area contributed by atoms with E-state index < -0.39 is 0 Å². The van der Waals surface area contributed by atoms with Crippen molar-refractivity contribution in [2.75, 3.05) is 14.1 Å². The van der Waals surface area contributed by atoms with Gasteiger partial charge in [-0.15, -0.1) is 0 Å². The van der Waals surface area contributed by atoms with Crippen LogP contribution < -0.4 is 4.46 Å². The predicted octanol–water partition coefficient (Wildman–Crippen LogP) is 0.401. The predicted molar refractivity (Wildman–Crippen MR) is 52.2 cm³/mol.